The number of halogens is 2. The minimum absolute atomic E-state index is 0.162. The van der Waals surface area contributed by atoms with Crippen molar-refractivity contribution in [3.8, 4) is 11.3 Å². The molecule has 4 heterocycles. The molecule has 2 atom stereocenters. The lowest BCUT2D eigenvalue weighted by atomic mass is 10.0. The molecule has 4 aromatic rings. The van der Waals surface area contributed by atoms with Crippen molar-refractivity contribution in [3.63, 3.8) is 0 Å². The van der Waals surface area contributed by atoms with Gasteiger partial charge >= 0.3 is 0 Å². The zero-order valence-electron chi connectivity index (χ0n) is 16.8. The van der Waals surface area contributed by atoms with Gasteiger partial charge in [-0.05, 0) is 72.4 Å². The summed E-state index contributed by atoms with van der Waals surface area (Å²) in [5, 5.41) is 5.19. The van der Waals surface area contributed by atoms with Crippen LogP contribution in [0.4, 0.5) is 0 Å². The molecule has 1 saturated heterocycles. The molecule has 160 valence electrons. The molecule has 0 aliphatic carbocycles. The zero-order chi connectivity index (χ0) is 22.1. The molecule has 0 amide bonds. The zero-order valence-corrected chi connectivity index (χ0v) is 19.1. The molecule has 0 saturated carbocycles. The first-order valence-electron chi connectivity index (χ1n) is 10.0. The number of hydrogen-bond donors (Lipinski definition) is 1. The second kappa shape index (κ2) is 8.90. The minimum Gasteiger partial charge on any atom is -0.459 e. The molecule has 0 bridgehead atoms. The van der Waals surface area contributed by atoms with Crippen LogP contribution in [0.15, 0.2) is 83.7 Å². The third-order valence-electron chi connectivity index (χ3n) is 5.41. The first-order valence-corrected chi connectivity index (χ1v) is 11.2. The highest BCUT2D eigenvalue weighted by Gasteiger charge is 2.41. The average Bonchev–Trinajstić information content (AvgIpc) is 3.40. The largest absolute Gasteiger partial charge is 0.459 e. The molecule has 0 unspecified atom stereocenters. The smallest absolute Gasteiger partial charge is 0.170 e. The molecule has 1 fully saturated rings. The van der Waals surface area contributed by atoms with Crippen LogP contribution < -0.4 is 5.32 Å². The Bertz CT molecular complexity index is 1250. The van der Waals surface area contributed by atoms with Crippen molar-refractivity contribution in [2.24, 2.45) is 0 Å². The predicted molar refractivity (Wildman–Crippen MR) is 129 cm³/mol. The fourth-order valence-corrected chi connectivity index (χ4v) is 4.72. The van der Waals surface area contributed by atoms with Gasteiger partial charge in [-0.2, -0.15) is 0 Å². The van der Waals surface area contributed by atoms with E-state index in [4.69, 9.17) is 39.8 Å². The number of thiocarbonyl (C=S) groups is 1. The molecule has 1 aliphatic heterocycles. The summed E-state index contributed by atoms with van der Waals surface area (Å²) in [5.41, 5.74) is 2.77. The van der Waals surface area contributed by atoms with E-state index in [0.29, 0.717) is 27.5 Å². The quantitative estimate of drug-likeness (QED) is 0.342. The summed E-state index contributed by atoms with van der Waals surface area (Å²) >= 11 is 18.2. The van der Waals surface area contributed by atoms with Crippen LogP contribution in [-0.4, -0.2) is 20.0 Å². The highest BCUT2D eigenvalue weighted by atomic mass is 35.5. The Morgan fingerprint density at radius 2 is 1.84 bits per heavy atom. The Morgan fingerprint density at radius 1 is 1.00 bits per heavy atom. The normalized spacial score (nSPS) is 18.1. The Hall–Kier alpha value is -2.93. The van der Waals surface area contributed by atoms with Crippen LogP contribution in [-0.2, 0) is 6.54 Å². The summed E-state index contributed by atoms with van der Waals surface area (Å²) in [6.45, 7) is 0.611. The Morgan fingerprint density at radius 3 is 2.59 bits per heavy atom. The van der Waals surface area contributed by atoms with Crippen molar-refractivity contribution in [2.75, 3.05) is 0 Å². The van der Waals surface area contributed by atoms with Crippen molar-refractivity contribution in [1.29, 1.82) is 0 Å². The Labute approximate surface area is 201 Å². The molecular formula is C24H18Cl2N4OS. The maximum atomic E-state index is 6.41. The van der Waals surface area contributed by atoms with Crippen LogP contribution in [0.1, 0.15) is 29.1 Å². The predicted octanol–water partition coefficient (Wildman–Crippen LogP) is 6.22. The van der Waals surface area contributed by atoms with Gasteiger partial charge in [-0.1, -0.05) is 29.3 Å². The molecule has 0 radical (unpaired) electrons. The lowest BCUT2D eigenvalue weighted by molar-refractivity contribution is 0.269. The maximum absolute atomic E-state index is 6.41. The van der Waals surface area contributed by atoms with E-state index >= 15 is 0 Å². The highest BCUT2D eigenvalue weighted by molar-refractivity contribution is 7.80. The molecule has 1 N–H and O–H groups in total. The number of nitrogens with zero attached hydrogens (tertiary/aromatic N) is 3. The van der Waals surface area contributed by atoms with Gasteiger partial charge in [0.1, 0.15) is 17.6 Å². The van der Waals surface area contributed by atoms with E-state index in [1.807, 2.05) is 48.5 Å². The second-order valence-electron chi connectivity index (χ2n) is 7.44. The lowest BCUT2D eigenvalue weighted by Crippen LogP contribution is -2.29. The molecule has 3 aromatic heterocycles. The van der Waals surface area contributed by atoms with Gasteiger partial charge in [-0.15, -0.1) is 0 Å². The lowest BCUT2D eigenvalue weighted by Gasteiger charge is -2.26. The van der Waals surface area contributed by atoms with Crippen LogP contribution >= 0.6 is 35.4 Å². The van der Waals surface area contributed by atoms with Gasteiger partial charge in [0.25, 0.3) is 0 Å². The first kappa shape index (κ1) is 20.9. The molecule has 1 aromatic carbocycles. The fourth-order valence-electron chi connectivity index (χ4n) is 3.92. The van der Waals surface area contributed by atoms with Gasteiger partial charge in [0, 0.05) is 35.7 Å². The van der Waals surface area contributed by atoms with Gasteiger partial charge in [0.2, 0.25) is 0 Å². The molecule has 0 spiro atoms. The summed E-state index contributed by atoms with van der Waals surface area (Å²) in [6, 6.07) is 18.7. The number of benzene rings is 1. The van der Waals surface area contributed by atoms with Crippen LogP contribution in [0.3, 0.4) is 0 Å². The monoisotopic (exact) mass is 480 g/mol. The Kier molecular flexibility index (Phi) is 5.83. The van der Waals surface area contributed by atoms with Crippen molar-refractivity contribution < 1.29 is 4.42 Å². The SMILES string of the molecule is S=C1N[C@@H](c2ccccn2)[C@H](c2ccc(-c3ccc(Cl)cc3Cl)o2)N1Cc1ccncc1. The van der Waals surface area contributed by atoms with Crippen LogP contribution in [0.25, 0.3) is 11.3 Å². The maximum Gasteiger partial charge on any atom is 0.170 e. The standard InChI is InChI=1S/C24H18Cl2N4OS/c25-16-4-5-17(18(26)13-16)20-6-7-21(31-20)23-22(19-3-1-2-10-28-19)29-24(32)30(23)14-15-8-11-27-12-9-15/h1-13,22-23H,14H2,(H,29,32)/t22-,23-/m0/s1. The number of nitrogens with one attached hydrogen (secondary N) is 1. The first-order chi connectivity index (χ1) is 15.6. The molecule has 1 aliphatic rings. The van der Waals surface area contributed by atoms with Gasteiger partial charge < -0.3 is 14.6 Å². The summed E-state index contributed by atoms with van der Waals surface area (Å²) < 4.78 is 6.33. The number of furan rings is 1. The van der Waals surface area contributed by atoms with Crippen LogP contribution in [0.2, 0.25) is 10.0 Å². The van der Waals surface area contributed by atoms with E-state index in [2.05, 4.69) is 20.2 Å². The van der Waals surface area contributed by atoms with E-state index in [-0.39, 0.29) is 12.1 Å². The van der Waals surface area contributed by atoms with E-state index < -0.39 is 0 Å². The van der Waals surface area contributed by atoms with E-state index in [1.54, 1.807) is 30.7 Å². The Balaban J connectivity index is 1.55. The molecule has 5 rings (SSSR count). The number of rotatable bonds is 5. The third kappa shape index (κ3) is 4.09. The van der Waals surface area contributed by atoms with Crippen molar-refractivity contribution in [3.05, 3.63) is 106 Å². The molecule has 8 heteroatoms. The van der Waals surface area contributed by atoms with Crippen molar-refractivity contribution >= 4 is 40.5 Å². The van der Waals surface area contributed by atoms with Crippen molar-refractivity contribution in [1.82, 2.24) is 20.2 Å². The summed E-state index contributed by atoms with van der Waals surface area (Å²) in [6.07, 6.45) is 5.34. The summed E-state index contributed by atoms with van der Waals surface area (Å²) in [7, 11) is 0. The number of aromatic nitrogens is 2. The van der Waals surface area contributed by atoms with Gasteiger partial charge in [0.15, 0.2) is 5.11 Å². The topological polar surface area (TPSA) is 54.2 Å². The van der Waals surface area contributed by atoms with Gasteiger partial charge in [0.05, 0.1) is 16.8 Å². The minimum atomic E-state index is -0.189. The molecule has 32 heavy (non-hydrogen) atoms. The number of hydrogen-bond acceptors (Lipinski definition) is 4. The van der Waals surface area contributed by atoms with E-state index in [0.717, 1.165) is 22.6 Å². The molecule has 5 nitrogen and oxygen atoms in total. The van der Waals surface area contributed by atoms with Crippen LogP contribution in [0.5, 0.6) is 0 Å². The summed E-state index contributed by atoms with van der Waals surface area (Å²) in [5.74, 6) is 1.44. The fraction of sp³-hybridized carbons (Fsp3) is 0.125. The van der Waals surface area contributed by atoms with Crippen LogP contribution in [0, 0.1) is 0 Å². The van der Waals surface area contributed by atoms with Crippen molar-refractivity contribution in [2.45, 2.75) is 18.6 Å². The van der Waals surface area contributed by atoms with E-state index in [9.17, 15) is 0 Å². The van der Waals surface area contributed by atoms with Gasteiger partial charge in [-0.25, -0.2) is 0 Å². The average molecular weight is 481 g/mol. The highest BCUT2D eigenvalue weighted by Crippen LogP contribution is 2.42. The number of pyridine rings is 2. The van der Waals surface area contributed by atoms with E-state index in [1.165, 1.54) is 0 Å². The third-order valence-corrected chi connectivity index (χ3v) is 6.32. The summed E-state index contributed by atoms with van der Waals surface area (Å²) in [4.78, 5) is 10.8. The molecular weight excluding hydrogens is 463 g/mol. The second-order valence-corrected chi connectivity index (χ2v) is 8.67. The van der Waals surface area contributed by atoms with Gasteiger partial charge in [-0.3, -0.25) is 9.97 Å².